The Balaban J connectivity index is 1.64. The molecule has 3 rings (SSSR count). The van der Waals surface area contributed by atoms with Crippen molar-refractivity contribution in [3.05, 3.63) is 35.6 Å². The van der Waals surface area contributed by atoms with Gasteiger partial charge in [0.25, 0.3) is 0 Å². The van der Waals surface area contributed by atoms with E-state index < -0.39 is 5.41 Å². The Morgan fingerprint density at radius 2 is 1.97 bits per heavy atom. The van der Waals surface area contributed by atoms with Crippen molar-refractivity contribution < 1.29 is 18.7 Å². The monoisotopic (exact) mass is 419 g/mol. The lowest BCUT2D eigenvalue weighted by atomic mass is 9.91. The molecule has 2 atom stereocenters. The van der Waals surface area contributed by atoms with E-state index in [1.807, 2.05) is 31.7 Å². The number of amides is 2. The maximum atomic E-state index is 13.8. The van der Waals surface area contributed by atoms with Crippen molar-refractivity contribution in [1.82, 2.24) is 15.1 Å². The van der Waals surface area contributed by atoms with Gasteiger partial charge in [-0.1, -0.05) is 32.9 Å². The third kappa shape index (κ3) is 5.79. The van der Waals surface area contributed by atoms with E-state index in [-0.39, 0.29) is 29.6 Å². The van der Waals surface area contributed by atoms with Gasteiger partial charge in [-0.05, 0) is 30.5 Å². The second-order valence-electron chi connectivity index (χ2n) is 9.30. The molecule has 2 fully saturated rings. The van der Waals surface area contributed by atoms with E-state index in [9.17, 15) is 14.0 Å². The molecule has 1 aromatic rings. The van der Waals surface area contributed by atoms with Crippen molar-refractivity contribution in [3.63, 3.8) is 0 Å². The molecule has 0 saturated carbocycles. The van der Waals surface area contributed by atoms with E-state index in [1.54, 1.807) is 6.07 Å². The van der Waals surface area contributed by atoms with Crippen LogP contribution >= 0.6 is 0 Å². The van der Waals surface area contributed by atoms with E-state index in [4.69, 9.17) is 4.74 Å². The van der Waals surface area contributed by atoms with Crippen molar-refractivity contribution in [1.29, 1.82) is 0 Å². The van der Waals surface area contributed by atoms with Crippen LogP contribution in [-0.4, -0.2) is 67.6 Å². The van der Waals surface area contributed by atoms with E-state index in [0.717, 1.165) is 31.5 Å². The van der Waals surface area contributed by atoms with Crippen LogP contribution in [0, 0.1) is 17.2 Å². The Morgan fingerprint density at radius 3 is 2.63 bits per heavy atom. The van der Waals surface area contributed by atoms with Gasteiger partial charge in [0.1, 0.15) is 5.82 Å². The normalized spacial score (nSPS) is 21.9. The fraction of sp³-hybridized carbons (Fsp3) is 0.652. The predicted molar refractivity (Wildman–Crippen MR) is 113 cm³/mol. The smallest absolute Gasteiger partial charge is 0.227 e. The molecule has 2 unspecified atom stereocenters. The van der Waals surface area contributed by atoms with Crippen LogP contribution in [0.4, 0.5) is 4.39 Å². The first kappa shape index (κ1) is 22.7. The van der Waals surface area contributed by atoms with Gasteiger partial charge >= 0.3 is 0 Å². The minimum absolute atomic E-state index is 0.0314. The number of benzene rings is 1. The minimum Gasteiger partial charge on any atom is -0.379 e. The molecule has 2 heterocycles. The van der Waals surface area contributed by atoms with Gasteiger partial charge in [0.05, 0.1) is 25.2 Å². The summed E-state index contributed by atoms with van der Waals surface area (Å²) in [7, 11) is 0. The summed E-state index contributed by atoms with van der Waals surface area (Å²) in [5, 5.41) is 3.08. The zero-order valence-corrected chi connectivity index (χ0v) is 18.3. The quantitative estimate of drug-likeness (QED) is 0.797. The van der Waals surface area contributed by atoms with Crippen molar-refractivity contribution in [2.24, 2.45) is 11.3 Å². The molecule has 0 bridgehead atoms. The molecule has 2 saturated heterocycles. The molecule has 30 heavy (non-hydrogen) atoms. The summed E-state index contributed by atoms with van der Waals surface area (Å²) in [4.78, 5) is 29.6. The topological polar surface area (TPSA) is 61.9 Å². The van der Waals surface area contributed by atoms with Gasteiger partial charge in [0.15, 0.2) is 0 Å². The molecule has 0 spiro atoms. The van der Waals surface area contributed by atoms with Gasteiger partial charge in [-0.2, -0.15) is 0 Å². The highest BCUT2D eigenvalue weighted by atomic mass is 19.1. The van der Waals surface area contributed by atoms with Crippen molar-refractivity contribution in [2.75, 3.05) is 45.9 Å². The number of rotatable bonds is 5. The first-order valence-corrected chi connectivity index (χ1v) is 10.9. The largest absolute Gasteiger partial charge is 0.379 e. The third-order valence-electron chi connectivity index (χ3n) is 5.91. The molecule has 7 heteroatoms. The Bertz CT molecular complexity index is 743. The number of morpholine rings is 1. The van der Waals surface area contributed by atoms with Crippen LogP contribution in [0.5, 0.6) is 0 Å². The van der Waals surface area contributed by atoms with Gasteiger partial charge in [-0.15, -0.1) is 0 Å². The molecule has 2 aliphatic heterocycles. The lowest BCUT2D eigenvalue weighted by Gasteiger charge is -2.37. The third-order valence-corrected chi connectivity index (χ3v) is 5.91. The van der Waals surface area contributed by atoms with Crippen molar-refractivity contribution >= 4 is 11.8 Å². The Labute approximate surface area is 178 Å². The standard InChI is InChI=1S/C23H34FN3O3/c1-23(2,3)22(29)27-9-5-7-18(16-27)21(28)25-15-20(26-10-12-30-13-11-26)17-6-4-8-19(24)14-17/h4,6,8,14,18,20H,5,7,9-13,15-16H2,1-3H3,(H,25,28). The van der Waals surface area contributed by atoms with E-state index in [0.29, 0.717) is 32.8 Å². The molecular weight excluding hydrogens is 385 g/mol. The Hall–Kier alpha value is -1.99. The summed E-state index contributed by atoms with van der Waals surface area (Å²) < 4.78 is 19.3. The molecule has 0 aromatic heterocycles. The van der Waals surface area contributed by atoms with Crippen LogP contribution in [0.3, 0.4) is 0 Å². The first-order valence-electron chi connectivity index (χ1n) is 10.9. The SMILES string of the molecule is CC(C)(C)C(=O)N1CCCC(C(=O)NCC(c2cccc(F)c2)N2CCOCC2)C1. The van der Waals surface area contributed by atoms with Crippen molar-refractivity contribution in [3.8, 4) is 0 Å². The summed E-state index contributed by atoms with van der Waals surface area (Å²) in [6.07, 6.45) is 1.61. The number of piperidine rings is 1. The summed E-state index contributed by atoms with van der Waals surface area (Å²) in [6.45, 7) is 10.1. The van der Waals surface area contributed by atoms with Crippen LogP contribution in [0.1, 0.15) is 45.2 Å². The zero-order valence-electron chi connectivity index (χ0n) is 18.3. The highest BCUT2D eigenvalue weighted by Crippen LogP contribution is 2.25. The summed E-state index contributed by atoms with van der Waals surface area (Å²) in [5.74, 6) is -0.425. The second-order valence-corrected chi connectivity index (χ2v) is 9.30. The van der Waals surface area contributed by atoms with Gasteiger partial charge in [0.2, 0.25) is 11.8 Å². The maximum absolute atomic E-state index is 13.8. The predicted octanol–water partition coefficient (Wildman–Crippen LogP) is 2.60. The van der Waals surface area contributed by atoms with E-state index in [2.05, 4.69) is 10.2 Å². The number of likely N-dealkylation sites (tertiary alicyclic amines) is 1. The lowest BCUT2D eigenvalue weighted by molar-refractivity contribution is -0.142. The summed E-state index contributed by atoms with van der Waals surface area (Å²) in [5.41, 5.74) is 0.405. The zero-order chi connectivity index (χ0) is 21.7. The van der Waals surface area contributed by atoms with Crippen LogP contribution in [0.2, 0.25) is 0 Å². The number of carbonyl (C=O) groups excluding carboxylic acids is 2. The Kier molecular flexibility index (Phi) is 7.47. The van der Waals surface area contributed by atoms with Crippen LogP contribution in [0.15, 0.2) is 24.3 Å². The van der Waals surface area contributed by atoms with Gasteiger partial charge in [-0.3, -0.25) is 14.5 Å². The van der Waals surface area contributed by atoms with Crippen LogP contribution in [0.25, 0.3) is 0 Å². The number of nitrogens with zero attached hydrogens (tertiary/aromatic N) is 2. The highest BCUT2D eigenvalue weighted by molar-refractivity contribution is 5.83. The van der Waals surface area contributed by atoms with E-state index in [1.165, 1.54) is 12.1 Å². The molecule has 166 valence electrons. The maximum Gasteiger partial charge on any atom is 0.227 e. The number of halogens is 1. The molecule has 2 amide bonds. The van der Waals surface area contributed by atoms with Crippen LogP contribution < -0.4 is 5.32 Å². The number of nitrogens with one attached hydrogen (secondary N) is 1. The minimum atomic E-state index is -0.447. The average Bonchev–Trinajstić information content (AvgIpc) is 2.73. The molecule has 1 aromatic carbocycles. The fourth-order valence-corrected chi connectivity index (χ4v) is 4.25. The number of carbonyl (C=O) groups is 2. The molecule has 0 aliphatic carbocycles. The molecule has 2 aliphatic rings. The number of ether oxygens (including phenoxy) is 1. The lowest BCUT2D eigenvalue weighted by Crippen LogP contribution is -2.50. The molecule has 0 radical (unpaired) electrons. The Morgan fingerprint density at radius 1 is 1.23 bits per heavy atom. The molecule has 6 nitrogen and oxygen atoms in total. The summed E-state index contributed by atoms with van der Waals surface area (Å²) >= 11 is 0. The average molecular weight is 420 g/mol. The molecular formula is C23H34FN3O3. The summed E-state index contributed by atoms with van der Waals surface area (Å²) in [6, 6.07) is 6.47. The molecule has 1 N–H and O–H groups in total. The second kappa shape index (κ2) is 9.88. The number of hydrogen-bond donors (Lipinski definition) is 1. The van der Waals surface area contributed by atoms with E-state index >= 15 is 0 Å². The fourth-order valence-electron chi connectivity index (χ4n) is 4.25. The van der Waals surface area contributed by atoms with Crippen molar-refractivity contribution in [2.45, 2.75) is 39.7 Å². The van der Waals surface area contributed by atoms with Crippen LogP contribution in [-0.2, 0) is 14.3 Å². The first-order chi connectivity index (χ1) is 14.3. The van der Waals surface area contributed by atoms with Gasteiger partial charge in [0, 0.05) is 38.1 Å². The van der Waals surface area contributed by atoms with Gasteiger partial charge in [-0.25, -0.2) is 4.39 Å². The highest BCUT2D eigenvalue weighted by Gasteiger charge is 2.34. The number of hydrogen-bond acceptors (Lipinski definition) is 4. The van der Waals surface area contributed by atoms with Gasteiger partial charge < -0.3 is 15.0 Å².